The molecule has 0 aliphatic rings. The molecule has 0 N–H and O–H groups in total. The number of hydrogen-bond donors (Lipinski definition) is 0. The van der Waals surface area contributed by atoms with E-state index in [0.717, 1.165) is 24.6 Å². The highest BCUT2D eigenvalue weighted by atomic mass is 31.2. The van der Waals surface area contributed by atoms with Crippen LogP contribution >= 0.6 is 7.14 Å². The third-order valence-electron chi connectivity index (χ3n) is 4.69. The maximum atomic E-state index is 14.1. The van der Waals surface area contributed by atoms with Gasteiger partial charge in [-0.1, -0.05) is 83.7 Å². The molecule has 3 atom stereocenters. The lowest BCUT2D eigenvalue weighted by Crippen LogP contribution is -2.25. The van der Waals surface area contributed by atoms with Crippen molar-refractivity contribution in [3.8, 4) is 0 Å². The lowest BCUT2D eigenvalue weighted by atomic mass is 10.2. The van der Waals surface area contributed by atoms with E-state index in [-0.39, 0.29) is 0 Å². The van der Waals surface area contributed by atoms with Gasteiger partial charge >= 0.3 is 0 Å². The average Bonchev–Trinajstić information content (AvgIpc) is 2.53. The third-order valence-corrected chi connectivity index (χ3v) is 9.08. The van der Waals surface area contributed by atoms with Gasteiger partial charge in [-0.25, -0.2) is 0 Å². The Labute approximate surface area is 131 Å². The zero-order valence-corrected chi connectivity index (χ0v) is 15.2. The Balaban J connectivity index is 3.11. The first-order valence-electron chi connectivity index (χ1n) is 8.76. The van der Waals surface area contributed by atoms with E-state index in [1.165, 1.54) is 25.7 Å². The summed E-state index contributed by atoms with van der Waals surface area (Å²) in [6.45, 7) is 8.87. The molecule has 1 aromatic rings. The van der Waals surface area contributed by atoms with Crippen molar-refractivity contribution >= 4 is 12.4 Å². The zero-order chi connectivity index (χ0) is 15.7. The van der Waals surface area contributed by atoms with E-state index in [2.05, 4.69) is 39.8 Å². The van der Waals surface area contributed by atoms with E-state index in [1.54, 1.807) is 0 Å². The van der Waals surface area contributed by atoms with Gasteiger partial charge in [0.05, 0.1) is 0 Å². The molecule has 0 heterocycles. The smallest absolute Gasteiger partial charge is 0.121 e. The number of rotatable bonds is 10. The van der Waals surface area contributed by atoms with Gasteiger partial charge in [0.1, 0.15) is 7.14 Å². The molecule has 0 aliphatic heterocycles. The summed E-state index contributed by atoms with van der Waals surface area (Å²) in [6.07, 6.45) is 7.97. The lowest BCUT2D eigenvalue weighted by Gasteiger charge is -2.33. The van der Waals surface area contributed by atoms with Crippen LogP contribution in [-0.2, 0) is 4.57 Å². The SMILES string of the molecule is CCCCC(C)P(=O)(c1ccccc1)C(CC)CCCC. The minimum Gasteiger partial charge on any atom is -0.318 e. The van der Waals surface area contributed by atoms with Gasteiger partial charge < -0.3 is 4.57 Å². The first-order chi connectivity index (χ1) is 10.1. The molecule has 1 nitrogen and oxygen atoms in total. The Hall–Kier alpha value is -0.550. The fourth-order valence-electron chi connectivity index (χ4n) is 3.28. The molecular formula is C19H33OP. The van der Waals surface area contributed by atoms with Crippen molar-refractivity contribution in [3.63, 3.8) is 0 Å². The van der Waals surface area contributed by atoms with Crippen molar-refractivity contribution in [1.29, 1.82) is 0 Å². The molecule has 0 amide bonds. The van der Waals surface area contributed by atoms with E-state index in [0.29, 0.717) is 11.3 Å². The molecule has 0 radical (unpaired) electrons. The van der Waals surface area contributed by atoms with Crippen molar-refractivity contribution in [1.82, 2.24) is 0 Å². The fraction of sp³-hybridized carbons (Fsp3) is 0.684. The number of hydrogen-bond acceptors (Lipinski definition) is 1. The summed E-state index contributed by atoms with van der Waals surface area (Å²) in [7, 11) is -2.33. The largest absolute Gasteiger partial charge is 0.318 e. The highest BCUT2D eigenvalue weighted by molar-refractivity contribution is 7.72. The van der Waals surface area contributed by atoms with Gasteiger partial charge in [0.25, 0.3) is 0 Å². The van der Waals surface area contributed by atoms with E-state index >= 15 is 0 Å². The molecule has 0 aromatic heterocycles. The quantitative estimate of drug-likeness (QED) is 0.469. The molecule has 0 saturated carbocycles. The summed E-state index contributed by atoms with van der Waals surface area (Å²) < 4.78 is 14.1. The molecular weight excluding hydrogens is 275 g/mol. The van der Waals surface area contributed by atoms with Crippen LogP contribution in [0.4, 0.5) is 0 Å². The molecule has 0 bridgehead atoms. The molecule has 0 saturated heterocycles. The molecule has 0 fully saturated rings. The summed E-state index contributed by atoms with van der Waals surface area (Å²) in [4.78, 5) is 0. The Morgan fingerprint density at radius 2 is 1.52 bits per heavy atom. The van der Waals surface area contributed by atoms with Gasteiger partial charge in [-0.15, -0.1) is 0 Å². The monoisotopic (exact) mass is 308 g/mol. The van der Waals surface area contributed by atoms with Crippen LogP contribution in [0.5, 0.6) is 0 Å². The van der Waals surface area contributed by atoms with Crippen LogP contribution in [0.3, 0.4) is 0 Å². The van der Waals surface area contributed by atoms with Gasteiger partial charge in [0.2, 0.25) is 0 Å². The third kappa shape index (κ3) is 4.71. The Morgan fingerprint density at radius 3 is 2.05 bits per heavy atom. The van der Waals surface area contributed by atoms with Gasteiger partial charge in [0, 0.05) is 16.6 Å². The molecule has 2 heteroatoms. The minimum atomic E-state index is -2.33. The summed E-state index contributed by atoms with van der Waals surface area (Å²) in [6, 6.07) is 10.3. The molecule has 21 heavy (non-hydrogen) atoms. The minimum absolute atomic E-state index is 0.307. The summed E-state index contributed by atoms with van der Waals surface area (Å²) in [5.74, 6) is 0. The van der Waals surface area contributed by atoms with Gasteiger partial charge in [-0.3, -0.25) is 0 Å². The number of unbranched alkanes of at least 4 members (excludes halogenated alkanes) is 2. The van der Waals surface area contributed by atoms with Crippen LogP contribution in [0, 0.1) is 0 Å². The second-order valence-electron chi connectivity index (χ2n) is 6.24. The van der Waals surface area contributed by atoms with Crippen LogP contribution < -0.4 is 5.30 Å². The number of benzene rings is 1. The molecule has 3 unspecified atom stereocenters. The van der Waals surface area contributed by atoms with Crippen molar-refractivity contribution < 1.29 is 4.57 Å². The predicted octanol–water partition coefficient (Wildman–Crippen LogP) is 6.22. The summed E-state index contributed by atoms with van der Waals surface area (Å²) in [5, 5.41) is 1.11. The van der Waals surface area contributed by atoms with Gasteiger partial charge in [-0.05, 0) is 19.3 Å². The van der Waals surface area contributed by atoms with Crippen LogP contribution in [0.25, 0.3) is 0 Å². The van der Waals surface area contributed by atoms with E-state index < -0.39 is 7.14 Å². The fourth-order valence-corrected chi connectivity index (χ4v) is 7.25. The second-order valence-corrected chi connectivity index (χ2v) is 9.79. The van der Waals surface area contributed by atoms with Crippen LogP contribution in [0.1, 0.15) is 72.6 Å². The average molecular weight is 308 g/mol. The standard InChI is InChI=1S/C19H33OP/c1-5-8-13-17(4)21(20,18(7-3)14-9-6-2)19-15-11-10-12-16-19/h10-12,15-18H,5-9,13-14H2,1-4H3. The maximum absolute atomic E-state index is 14.1. The summed E-state index contributed by atoms with van der Waals surface area (Å²) >= 11 is 0. The maximum Gasteiger partial charge on any atom is 0.121 e. The van der Waals surface area contributed by atoms with Crippen LogP contribution in [0.2, 0.25) is 0 Å². The molecule has 1 aromatic carbocycles. The highest BCUT2D eigenvalue weighted by Crippen LogP contribution is 2.58. The van der Waals surface area contributed by atoms with Crippen molar-refractivity contribution in [2.24, 2.45) is 0 Å². The first kappa shape index (κ1) is 18.5. The predicted molar refractivity (Wildman–Crippen MR) is 96.3 cm³/mol. The normalized spacial score (nSPS) is 17.1. The van der Waals surface area contributed by atoms with E-state index in [9.17, 15) is 4.57 Å². The Kier molecular flexibility index (Phi) is 8.34. The van der Waals surface area contributed by atoms with Gasteiger partial charge in [-0.2, -0.15) is 0 Å². The topological polar surface area (TPSA) is 17.1 Å². The van der Waals surface area contributed by atoms with Crippen LogP contribution in [-0.4, -0.2) is 11.3 Å². The first-order valence-corrected chi connectivity index (χ1v) is 10.6. The van der Waals surface area contributed by atoms with Crippen molar-refractivity contribution in [2.75, 3.05) is 0 Å². The van der Waals surface area contributed by atoms with Gasteiger partial charge in [0.15, 0.2) is 0 Å². The van der Waals surface area contributed by atoms with Crippen molar-refractivity contribution in [3.05, 3.63) is 30.3 Å². The van der Waals surface area contributed by atoms with E-state index in [1.807, 2.05) is 18.2 Å². The zero-order valence-electron chi connectivity index (χ0n) is 14.3. The van der Waals surface area contributed by atoms with Crippen molar-refractivity contribution in [2.45, 2.75) is 84.0 Å². The molecule has 0 aliphatic carbocycles. The highest BCUT2D eigenvalue weighted by Gasteiger charge is 2.37. The lowest BCUT2D eigenvalue weighted by molar-refractivity contribution is 0.538. The van der Waals surface area contributed by atoms with Crippen LogP contribution in [0.15, 0.2) is 30.3 Å². The Bertz CT molecular complexity index is 426. The molecule has 120 valence electrons. The molecule has 0 spiro atoms. The second kappa shape index (κ2) is 9.46. The molecule has 1 rings (SSSR count). The summed E-state index contributed by atoms with van der Waals surface area (Å²) in [5.41, 5.74) is 0.661. The Morgan fingerprint density at radius 1 is 0.952 bits per heavy atom. The van der Waals surface area contributed by atoms with E-state index in [4.69, 9.17) is 0 Å².